The van der Waals surface area contributed by atoms with E-state index < -0.39 is 18.0 Å². The summed E-state index contributed by atoms with van der Waals surface area (Å²) < 4.78 is 21.0. The summed E-state index contributed by atoms with van der Waals surface area (Å²) in [6, 6.07) is 8.87. The van der Waals surface area contributed by atoms with Crippen molar-refractivity contribution in [3.05, 3.63) is 47.0 Å². The molecule has 0 saturated carbocycles. The molecule has 154 valence electrons. The fourth-order valence-corrected chi connectivity index (χ4v) is 3.36. The highest BCUT2D eigenvalue weighted by Gasteiger charge is 2.24. The lowest BCUT2D eigenvalue weighted by atomic mass is 10.1. The van der Waals surface area contributed by atoms with E-state index in [2.05, 4.69) is 5.32 Å². The molecular weight excluding hydrogens is 374 g/mol. The van der Waals surface area contributed by atoms with E-state index in [0.717, 1.165) is 19.3 Å². The number of carbonyl (C=O) groups is 2. The van der Waals surface area contributed by atoms with E-state index in [0.29, 0.717) is 17.2 Å². The summed E-state index contributed by atoms with van der Waals surface area (Å²) >= 11 is 0. The summed E-state index contributed by atoms with van der Waals surface area (Å²) in [6.45, 7) is 1.52. The molecule has 0 bridgehead atoms. The molecule has 0 radical (unpaired) electrons. The average molecular weight is 399 g/mol. The van der Waals surface area contributed by atoms with Crippen molar-refractivity contribution in [2.24, 2.45) is 0 Å². The van der Waals surface area contributed by atoms with E-state index in [1.165, 1.54) is 51.5 Å². The third-order valence-corrected chi connectivity index (χ3v) is 4.94. The first-order valence-corrected chi connectivity index (χ1v) is 9.40. The molecular formula is C22H25NO6. The summed E-state index contributed by atoms with van der Waals surface area (Å²) in [5, 5.41) is 2.81. The maximum atomic E-state index is 12.6. The van der Waals surface area contributed by atoms with E-state index in [-0.39, 0.29) is 11.3 Å². The molecule has 0 saturated heterocycles. The molecule has 1 atom stereocenters. The molecule has 7 heteroatoms. The number of nitrogens with one attached hydrogen (secondary N) is 1. The second-order valence-corrected chi connectivity index (χ2v) is 6.78. The van der Waals surface area contributed by atoms with Crippen LogP contribution in [0, 0.1) is 0 Å². The normalized spacial score (nSPS) is 13.2. The van der Waals surface area contributed by atoms with Gasteiger partial charge in [0, 0.05) is 17.8 Å². The number of esters is 1. The van der Waals surface area contributed by atoms with Crippen LogP contribution < -0.4 is 19.5 Å². The first-order chi connectivity index (χ1) is 14.0. The van der Waals surface area contributed by atoms with Crippen molar-refractivity contribution in [3.8, 4) is 17.2 Å². The van der Waals surface area contributed by atoms with Crippen LogP contribution in [0.15, 0.2) is 30.3 Å². The SMILES string of the molecule is COc1cc(OC)c(C(=O)O[C@@H](C)C(=O)Nc2ccc3c(c2)CCC3)cc1OC. The molecule has 0 unspecified atom stereocenters. The zero-order valence-electron chi connectivity index (χ0n) is 17.0. The summed E-state index contributed by atoms with van der Waals surface area (Å²) in [4.78, 5) is 25.1. The standard InChI is InChI=1S/C22H25NO6/c1-13(21(24)23-16-9-8-14-6-5-7-15(14)10-16)29-22(25)17-11-19(27-3)20(28-4)12-18(17)26-2/h8-13H,5-7H2,1-4H3,(H,23,24)/t13-/m0/s1. The second kappa shape index (κ2) is 8.86. The quantitative estimate of drug-likeness (QED) is 0.719. The molecule has 1 N–H and O–H groups in total. The highest BCUT2D eigenvalue weighted by Crippen LogP contribution is 2.35. The monoisotopic (exact) mass is 399 g/mol. The Balaban J connectivity index is 1.70. The Bertz CT molecular complexity index is 924. The Morgan fingerprint density at radius 2 is 1.55 bits per heavy atom. The number of hydrogen-bond donors (Lipinski definition) is 1. The Morgan fingerprint density at radius 1 is 0.897 bits per heavy atom. The fraction of sp³-hybridized carbons (Fsp3) is 0.364. The van der Waals surface area contributed by atoms with Gasteiger partial charge in [0.25, 0.3) is 5.91 Å². The Morgan fingerprint density at radius 3 is 2.24 bits per heavy atom. The van der Waals surface area contributed by atoms with E-state index in [1.54, 1.807) is 0 Å². The van der Waals surface area contributed by atoms with Crippen LogP contribution in [-0.2, 0) is 22.4 Å². The van der Waals surface area contributed by atoms with Crippen molar-refractivity contribution in [2.75, 3.05) is 26.6 Å². The van der Waals surface area contributed by atoms with Gasteiger partial charge >= 0.3 is 5.97 Å². The molecule has 0 aliphatic heterocycles. The van der Waals surface area contributed by atoms with Crippen LogP contribution >= 0.6 is 0 Å². The van der Waals surface area contributed by atoms with Crippen LogP contribution in [0.4, 0.5) is 5.69 Å². The molecule has 0 fully saturated rings. The molecule has 1 aliphatic carbocycles. The van der Waals surface area contributed by atoms with Crippen molar-refractivity contribution in [1.29, 1.82) is 0 Å². The van der Waals surface area contributed by atoms with E-state index in [1.807, 2.05) is 18.2 Å². The molecule has 1 amide bonds. The van der Waals surface area contributed by atoms with Gasteiger partial charge in [-0.1, -0.05) is 6.07 Å². The number of benzene rings is 2. The highest BCUT2D eigenvalue weighted by atomic mass is 16.6. The number of ether oxygens (including phenoxy) is 4. The average Bonchev–Trinajstić information content (AvgIpc) is 3.20. The number of hydrogen-bond acceptors (Lipinski definition) is 6. The molecule has 2 aromatic rings. The van der Waals surface area contributed by atoms with Gasteiger partial charge in [-0.25, -0.2) is 4.79 Å². The van der Waals surface area contributed by atoms with Gasteiger partial charge in [0.05, 0.1) is 21.3 Å². The minimum atomic E-state index is -0.992. The van der Waals surface area contributed by atoms with Crippen molar-refractivity contribution >= 4 is 17.6 Å². The highest BCUT2D eigenvalue weighted by molar-refractivity contribution is 5.98. The number of aryl methyl sites for hydroxylation is 2. The smallest absolute Gasteiger partial charge is 0.342 e. The topological polar surface area (TPSA) is 83.1 Å². The Kier molecular flexibility index (Phi) is 6.26. The van der Waals surface area contributed by atoms with Gasteiger partial charge in [-0.3, -0.25) is 4.79 Å². The molecule has 1 aliphatic rings. The van der Waals surface area contributed by atoms with Crippen molar-refractivity contribution in [3.63, 3.8) is 0 Å². The number of carbonyl (C=O) groups excluding carboxylic acids is 2. The van der Waals surface area contributed by atoms with Gasteiger partial charge in [-0.15, -0.1) is 0 Å². The summed E-state index contributed by atoms with van der Waals surface area (Å²) in [5.74, 6) is -0.0622. The predicted octanol–water partition coefficient (Wildman–Crippen LogP) is 3.39. The number of methoxy groups -OCH3 is 3. The van der Waals surface area contributed by atoms with Crippen molar-refractivity contribution in [2.45, 2.75) is 32.3 Å². The van der Waals surface area contributed by atoms with Gasteiger partial charge in [0.1, 0.15) is 11.3 Å². The molecule has 3 rings (SSSR count). The number of amides is 1. The third kappa shape index (κ3) is 4.45. The molecule has 29 heavy (non-hydrogen) atoms. The number of fused-ring (bicyclic) bond motifs is 1. The summed E-state index contributed by atoms with van der Waals surface area (Å²) in [5.41, 5.74) is 3.41. The van der Waals surface area contributed by atoms with Gasteiger partial charge in [-0.2, -0.15) is 0 Å². The van der Waals surface area contributed by atoms with Crippen LogP contribution in [0.25, 0.3) is 0 Å². The first-order valence-electron chi connectivity index (χ1n) is 9.40. The molecule has 0 aromatic heterocycles. The fourth-order valence-electron chi connectivity index (χ4n) is 3.36. The van der Waals surface area contributed by atoms with Crippen LogP contribution in [0.5, 0.6) is 17.2 Å². The lowest BCUT2D eigenvalue weighted by Crippen LogP contribution is -2.30. The van der Waals surface area contributed by atoms with Crippen LogP contribution in [0.3, 0.4) is 0 Å². The Hall–Kier alpha value is -3.22. The first kappa shape index (κ1) is 20.5. The zero-order valence-corrected chi connectivity index (χ0v) is 17.0. The van der Waals surface area contributed by atoms with Gasteiger partial charge < -0.3 is 24.3 Å². The molecule has 0 spiro atoms. The number of anilines is 1. The minimum Gasteiger partial charge on any atom is -0.496 e. The minimum absolute atomic E-state index is 0.141. The number of rotatable bonds is 7. The maximum Gasteiger partial charge on any atom is 0.342 e. The van der Waals surface area contributed by atoms with E-state index >= 15 is 0 Å². The van der Waals surface area contributed by atoms with E-state index in [4.69, 9.17) is 18.9 Å². The van der Waals surface area contributed by atoms with Gasteiger partial charge in [0.2, 0.25) is 0 Å². The van der Waals surface area contributed by atoms with Crippen molar-refractivity contribution < 1.29 is 28.5 Å². The van der Waals surface area contributed by atoms with Gasteiger partial charge in [0.15, 0.2) is 17.6 Å². The molecule has 7 nitrogen and oxygen atoms in total. The van der Waals surface area contributed by atoms with E-state index in [9.17, 15) is 9.59 Å². The predicted molar refractivity (Wildman–Crippen MR) is 108 cm³/mol. The zero-order chi connectivity index (χ0) is 21.0. The van der Waals surface area contributed by atoms with Crippen molar-refractivity contribution in [1.82, 2.24) is 0 Å². The largest absolute Gasteiger partial charge is 0.496 e. The van der Waals surface area contributed by atoms with Crippen LogP contribution in [-0.4, -0.2) is 39.3 Å². The maximum absolute atomic E-state index is 12.6. The molecule has 0 heterocycles. The molecule has 2 aromatic carbocycles. The van der Waals surface area contributed by atoms with Crippen LogP contribution in [0.2, 0.25) is 0 Å². The Labute approximate surface area is 169 Å². The summed E-state index contributed by atoms with van der Waals surface area (Å²) in [7, 11) is 4.38. The lowest BCUT2D eigenvalue weighted by Gasteiger charge is -2.17. The summed E-state index contributed by atoms with van der Waals surface area (Å²) in [6.07, 6.45) is 2.23. The second-order valence-electron chi connectivity index (χ2n) is 6.78. The van der Waals surface area contributed by atoms with Gasteiger partial charge in [-0.05, 0) is 49.4 Å². The van der Waals surface area contributed by atoms with Crippen LogP contribution in [0.1, 0.15) is 34.8 Å². The third-order valence-electron chi connectivity index (χ3n) is 4.94. The lowest BCUT2D eigenvalue weighted by molar-refractivity contribution is -0.123.